The van der Waals surface area contributed by atoms with Crippen LogP contribution in [0.4, 0.5) is 0 Å². The number of benzene rings is 6. The van der Waals surface area contributed by atoms with E-state index in [1.165, 1.54) is 44.5 Å². The van der Waals surface area contributed by atoms with E-state index >= 15 is 0 Å². The molecule has 6 aromatic rings. The molecule has 0 amide bonds. The molecule has 0 aliphatic carbocycles. The lowest BCUT2D eigenvalue weighted by atomic mass is 10.0. The molecule has 0 saturated carbocycles. The van der Waals surface area contributed by atoms with Crippen LogP contribution in [0, 0.1) is 0 Å². The second-order valence-electron chi connectivity index (χ2n) is 8.62. The molecule has 0 spiro atoms. The lowest BCUT2D eigenvalue weighted by Gasteiger charge is -2.04. The van der Waals surface area contributed by atoms with E-state index in [1.54, 1.807) is 0 Å². The van der Waals surface area contributed by atoms with Crippen LogP contribution in [0.15, 0.2) is 170 Å². The summed E-state index contributed by atoms with van der Waals surface area (Å²) in [4.78, 5) is 0. The lowest BCUT2D eigenvalue weighted by molar-refractivity contribution is 1.59. The van der Waals surface area contributed by atoms with Gasteiger partial charge in [-0.1, -0.05) is 170 Å². The average Bonchev–Trinajstić information content (AvgIpc) is 2.99. The predicted octanol–water partition coefficient (Wildman–Crippen LogP) is 10.0. The zero-order valence-electron chi connectivity index (χ0n) is 20.2. The van der Waals surface area contributed by atoms with Crippen molar-refractivity contribution in [1.29, 1.82) is 0 Å². The van der Waals surface area contributed by atoms with Crippen molar-refractivity contribution in [3.63, 3.8) is 0 Å². The molecule has 0 bridgehead atoms. The van der Waals surface area contributed by atoms with Crippen LogP contribution < -0.4 is 0 Å². The quantitative estimate of drug-likeness (QED) is 0.245. The highest BCUT2D eigenvalue weighted by Gasteiger charge is 2.00. The van der Waals surface area contributed by atoms with Gasteiger partial charge >= 0.3 is 0 Å². The van der Waals surface area contributed by atoms with Crippen LogP contribution in [0.25, 0.3) is 44.5 Å². The van der Waals surface area contributed by atoms with E-state index in [-0.39, 0.29) is 0 Å². The van der Waals surface area contributed by atoms with Crippen LogP contribution in [-0.2, 0) is 0 Å². The molecule has 6 aromatic carbocycles. The normalized spacial score (nSPS) is 10.2. The van der Waals surface area contributed by atoms with Crippen LogP contribution in [0.3, 0.4) is 0 Å². The van der Waals surface area contributed by atoms with Gasteiger partial charge in [0.05, 0.1) is 0 Å². The standard InChI is InChI=1S/2C18H14/c2*1-3-7-15(8-4-1)17-11-13-18(14-12-17)16-9-5-2-6-10-16/h2*1-14H. The zero-order chi connectivity index (χ0) is 24.4. The van der Waals surface area contributed by atoms with Crippen LogP contribution in [-0.4, -0.2) is 0 Å². The van der Waals surface area contributed by atoms with Gasteiger partial charge in [0.15, 0.2) is 0 Å². The summed E-state index contributed by atoms with van der Waals surface area (Å²) >= 11 is 0. The second-order valence-corrected chi connectivity index (χ2v) is 8.62. The Morgan fingerprint density at radius 2 is 0.278 bits per heavy atom. The number of rotatable bonds is 4. The summed E-state index contributed by atoms with van der Waals surface area (Å²) in [6.07, 6.45) is 0. The van der Waals surface area contributed by atoms with E-state index in [1.807, 2.05) is 24.3 Å². The van der Waals surface area contributed by atoms with E-state index in [4.69, 9.17) is 0 Å². The third kappa shape index (κ3) is 5.87. The van der Waals surface area contributed by atoms with Crippen LogP contribution in [0.5, 0.6) is 0 Å². The van der Waals surface area contributed by atoms with E-state index < -0.39 is 0 Å². The largest absolute Gasteiger partial charge is 0.0622 e. The molecule has 0 heteroatoms. The maximum Gasteiger partial charge on any atom is -0.0184 e. The van der Waals surface area contributed by atoms with E-state index in [9.17, 15) is 0 Å². The topological polar surface area (TPSA) is 0 Å². The highest BCUT2D eigenvalue weighted by molar-refractivity contribution is 5.71. The molecule has 6 rings (SSSR count). The minimum Gasteiger partial charge on any atom is -0.0622 e. The Kier molecular flexibility index (Phi) is 7.46. The van der Waals surface area contributed by atoms with E-state index in [2.05, 4.69) is 146 Å². The van der Waals surface area contributed by atoms with Crippen molar-refractivity contribution in [2.24, 2.45) is 0 Å². The van der Waals surface area contributed by atoms with Crippen LogP contribution in [0.1, 0.15) is 0 Å². The molecular weight excluding hydrogens is 432 g/mol. The SMILES string of the molecule is c1ccc(-c2ccc(-c3ccccc3)cc2)cc1.c1ccc(-c2ccc(-c3ccccc3)cc2)cc1. The smallest absolute Gasteiger partial charge is 0.0184 e. The van der Waals surface area contributed by atoms with Gasteiger partial charge in [0.25, 0.3) is 0 Å². The van der Waals surface area contributed by atoms with Gasteiger partial charge in [-0.3, -0.25) is 0 Å². The third-order valence-electron chi connectivity index (χ3n) is 6.20. The first-order valence-electron chi connectivity index (χ1n) is 12.3. The molecule has 0 fully saturated rings. The first kappa shape index (κ1) is 23.1. The van der Waals surface area contributed by atoms with Gasteiger partial charge in [-0.2, -0.15) is 0 Å². The molecule has 36 heavy (non-hydrogen) atoms. The summed E-state index contributed by atoms with van der Waals surface area (Å²) in [6.45, 7) is 0. The lowest BCUT2D eigenvalue weighted by Crippen LogP contribution is -1.79. The Bertz CT molecular complexity index is 1220. The predicted molar refractivity (Wildman–Crippen MR) is 155 cm³/mol. The molecule has 0 aliphatic rings. The Morgan fingerprint density at radius 1 is 0.139 bits per heavy atom. The molecule has 0 nitrogen and oxygen atoms in total. The molecule has 0 heterocycles. The molecule has 0 atom stereocenters. The third-order valence-corrected chi connectivity index (χ3v) is 6.20. The van der Waals surface area contributed by atoms with Gasteiger partial charge in [-0.15, -0.1) is 0 Å². The average molecular weight is 461 g/mol. The fourth-order valence-corrected chi connectivity index (χ4v) is 4.23. The Morgan fingerprint density at radius 3 is 0.444 bits per heavy atom. The van der Waals surface area contributed by atoms with E-state index in [0.29, 0.717) is 0 Å². The maximum atomic E-state index is 2.18. The zero-order valence-corrected chi connectivity index (χ0v) is 20.2. The van der Waals surface area contributed by atoms with Crippen LogP contribution in [0.2, 0.25) is 0 Å². The van der Waals surface area contributed by atoms with Crippen LogP contribution >= 0.6 is 0 Å². The molecule has 0 saturated heterocycles. The maximum absolute atomic E-state index is 2.18. The first-order valence-corrected chi connectivity index (χ1v) is 12.3. The van der Waals surface area contributed by atoms with Crippen molar-refractivity contribution in [1.82, 2.24) is 0 Å². The highest BCUT2D eigenvalue weighted by atomic mass is 14.0. The Balaban J connectivity index is 0.000000148. The minimum atomic E-state index is 1.26. The van der Waals surface area contributed by atoms with Gasteiger partial charge in [0.1, 0.15) is 0 Å². The van der Waals surface area contributed by atoms with Crippen molar-refractivity contribution < 1.29 is 0 Å². The molecule has 0 unspecified atom stereocenters. The molecular formula is C36H28. The molecule has 0 radical (unpaired) electrons. The van der Waals surface area contributed by atoms with Crippen molar-refractivity contribution in [3.8, 4) is 44.5 Å². The molecule has 172 valence electrons. The summed E-state index contributed by atoms with van der Waals surface area (Å²) in [5, 5.41) is 0. The second kappa shape index (κ2) is 11.6. The Labute approximate surface area is 214 Å². The van der Waals surface area contributed by atoms with Gasteiger partial charge in [-0.25, -0.2) is 0 Å². The monoisotopic (exact) mass is 460 g/mol. The van der Waals surface area contributed by atoms with Crippen molar-refractivity contribution >= 4 is 0 Å². The van der Waals surface area contributed by atoms with Gasteiger partial charge < -0.3 is 0 Å². The minimum absolute atomic E-state index is 1.26. The fourth-order valence-electron chi connectivity index (χ4n) is 4.23. The summed E-state index contributed by atoms with van der Waals surface area (Å²) in [5.41, 5.74) is 10.1. The first-order chi connectivity index (χ1) is 17.9. The van der Waals surface area contributed by atoms with Gasteiger partial charge in [-0.05, 0) is 44.5 Å². The Hall–Kier alpha value is -4.68. The summed E-state index contributed by atoms with van der Waals surface area (Å²) < 4.78 is 0. The summed E-state index contributed by atoms with van der Waals surface area (Å²) in [6, 6.07) is 59.3. The van der Waals surface area contributed by atoms with Crippen molar-refractivity contribution in [2.45, 2.75) is 0 Å². The fraction of sp³-hybridized carbons (Fsp3) is 0. The number of hydrogen-bond donors (Lipinski definition) is 0. The molecule has 0 aromatic heterocycles. The van der Waals surface area contributed by atoms with Gasteiger partial charge in [0.2, 0.25) is 0 Å². The number of hydrogen-bond acceptors (Lipinski definition) is 0. The summed E-state index contributed by atoms with van der Waals surface area (Å²) in [5.74, 6) is 0. The molecule has 0 aliphatic heterocycles. The van der Waals surface area contributed by atoms with Crippen molar-refractivity contribution in [2.75, 3.05) is 0 Å². The van der Waals surface area contributed by atoms with Crippen molar-refractivity contribution in [3.05, 3.63) is 170 Å². The summed E-state index contributed by atoms with van der Waals surface area (Å²) in [7, 11) is 0. The van der Waals surface area contributed by atoms with E-state index in [0.717, 1.165) is 0 Å². The highest BCUT2D eigenvalue weighted by Crippen LogP contribution is 2.25. The molecule has 0 N–H and O–H groups in total. The van der Waals surface area contributed by atoms with Gasteiger partial charge in [0, 0.05) is 0 Å².